The predicted octanol–water partition coefficient (Wildman–Crippen LogP) is 5.04. The smallest absolute Gasteiger partial charge is 0.410 e. The Labute approximate surface area is 183 Å². The first-order chi connectivity index (χ1) is 15.3. The summed E-state index contributed by atoms with van der Waals surface area (Å²) in [6.07, 6.45) is -3.60. The fourth-order valence-corrected chi connectivity index (χ4v) is 3.91. The van der Waals surface area contributed by atoms with Crippen LogP contribution in [0.3, 0.4) is 0 Å². The second-order valence-electron chi connectivity index (χ2n) is 7.72. The number of carbonyl (C=O) groups is 1. The number of hydrogen-bond donors (Lipinski definition) is 2. The molecule has 3 aromatic rings. The van der Waals surface area contributed by atoms with E-state index in [-0.39, 0.29) is 23.8 Å². The van der Waals surface area contributed by atoms with E-state index in [1.54, 1.807) is 24.3 Å². The van der Waals surface area contributed by atoms with E-state index in [1.165, 1.54) is 13.3 Å². The second kappa shape index (κ2) is 8.57. The third-order valence-corrected chi connectivity index (χ3v) is 5.63. The number of ether oxygens (including phenoxy) is 1. The van der Waals surface area contributed by atoms with E-state index in [4.69, 9.17) is 4.74 Å². The number of methoxy groups -OCH3 is 1. The largest absolute Gasteiger partial charge is 0.497 e. The summed E-state index contributed by atoms with van der Waals surface area (Å²) in [6, 6.07) is 13.3. The van der Waals surface area contributed by atoms with Crippen molar-refractivity contribution in [1.29, 1.82) is 0 Å². The highest BCUT2D eigenvalue weighted by Gasteiger charge is 2.47. The molecule has 6 nitrogen and oxygen atoms in total. The fourth-order valence-electron chi connectivity index (χ4n) is 3.91. The Hall–Kier alpha value is -3.49. The van der Waals surface area contributed by atoms with E-state index in [1.807, 2.05) is 37.3 Å². The lowest BCUT2D eigenvalue weighted by atomic mass is 9.96. The molecule has 1 amide bonds. The van der Waals surface area contributed by atoms with E-state index in [9.17, 15) is 18.0 Å². The van der Waals surface area contributed by atoms with Gasteiger partial charge in [-0.2, -0.15) is 18.3 Å². The minimum atomic E-state index is -4.52. The molecule has 32 heavy (non-hydrogen) atoms. The van der Waals surface area contributed by atoms with Gasteiger partial charge in [0.2, 0.25) is 0 Å². The molecule has 4 rings (SSSR count). The lowest BCUT2D eigenvalue weighted by molar-refractivity contribution is -0.173. The van der Waals surface area contributed by atoms with Crippen LogP contribution in [0.5, 0.6) is 5.75 Å². The van der Waals surface area contributed by atoms with Gasteiger partial charge in [0.05, 0.1) is 25.4 Å². The molecule has 2 aromatic carbocycles. The molecule has 3 atom stereocenters. The Kier molecular flexibility index (Phi) is 5.82. The molecule has 0 spiro atoms. The average Bonchev–Trinajstić information content (AvgIpc) is 3.22. The van der Waals surface area contributed by atoms with Gasteiger partial charge in [-0.1, -0.05) is 42.5 Å². The molecule has 0 saturated heterocycles. The van der Waals surface area contributed by atoms with Gasteiger partial charge in [0.1, 0.15) is 17.1 Å². The van der Waals surface area contributed by atoms with Crippen molar-refractivity contribution in [3.05, 3.63) is 77.5 Å². The highest BCUT2D eigenvalue weighted by Crippen LogP contribution is 2.44. The van der Waals surface area contributed by atoms with Gasteiger partial charge < -0.3 is 15.4 Å². The number of rotatable bonds is 5. The summed E-state index contributed by atoms with van der Waals surface area (Å²) >= 11 is 0. The minimum Gasteiger partial charge on any atom is -0.497 e. The molecule has 0 saturated carbocycles. The molecule has 9 heteroatoms. The molecule has 168 valence electrons. The van der Waals surface area contributed by atoms with Gasteiger partial charge >= 0.3 is 6.18 Å². The molecule has 0 bridgehead atoms. The van der Waals surface area contributed by atoms with Crippen LogP contribution < -0.4 is 15.4 Å². The molecule has 0 radical (unpaired) electrons. The third-order valence-electron chi connectivity index (χ3n) is 5.63. The first-order valence-corrected chi connectivity index (χ1v) is 10.2. The van der Waals surface area contributed by atoms with Gasteiger partial charge in [-0.15, -0.1) is 0 Å². The van der Waals surface area contributed by atoms with E-state index >= 15 is 0 Å². The molecule has 1 aromatic heterocycles. The lowest BCUT2D eigenvalue weighted by Crippen LogP contribution is -2.36. The van der Waals surface area contributed by atoms with Gasteiger partial charge in [0, 0.05) is 6.42 Å². The molecule has 2 heterocycles. The number of halogens is 3. The van der Waals surface area contributed by atoms with Crippen LogP contribution in [0.1, 0.15) is 53.0 Å². The maximum Gasteiger partial charge on any atom is 0.410 e. The molecular weight excluding hydrogens is 421 g/mol. The minimum absolute atomic E-state index is 0.0455. The normalized spacial score (nSPS) is 18.9. The summed E-state index contributed by atoms with van der Waals surface area (Å²) in [4.78, 5) is 13.0. The molecule has 1 aliphatic rings. The van der Waals surface area contributed by atoms with Gasteiger partial charge in [-0.25, -0.2) is 4.68 Å². The Morgan fingerprint density at radius 2 is 1.97 bits per heavy atom. The summed E-state index contributed by atoms with van der Waals surface area (Å²) in [7, 11) is 1.50. The van der Waals surface area contributed by atoms with Crippen LogP contribution in [-0.2, 0) is 0 Å². The van der Waals surface area contributed by atoms with Gasteiger partial charge in [0.15, 0.2) is 6.04 Å². The van der Waals surface area contributed by atoms with Crippen molar-refractivity contribution in [2.24, 2.45) is 0 Å². The first-order valence-electron chi connectivity index (χ1n) is 10.2. The van der Waals surface area contributed by atoms with Gasteiger partial charge in [0.25, 0.3) is 5.91 Å². The molecular formula is C23H23F3N4O2. The van der Waals surface area contributed by atoms with Crippen LogP contribution in [0.25, 0.3) is 0 Å². The zero-order valence-electron chi connectivity index (χ0n) is 17.6. The molecule has 1 aliphatic heterocycles. The van der Waals surface area contributed by atoms with Crippen LogP contribution in [0.2, 0.25) is 0 Å². The van der Waals surface area contributed by atoms with Crippen molar-refractivity contribution >= 4 is 11.7 Å². The van der Waals surface area contributed by atoms with E-state index in [0.29, 0.717) is 11.3 Å². The zero-order valence-corrected chi connectivity index (χ0v) is 17.6. The second-order valence-corrected chi connectivity index (χ2v) is 7.72. The highest BCUT2D eigenvalue weighted by molar-refractivity contribution is 5.99. The van der Waals surface area contributed by atoms with Crippen LogP contribution in [0.4, 0.5) is 19.0 Å². The van der Waals surface area contributed by atoms with E-state index < -0.39 is 24.2 Å². The monoisotopic (exact) mass is 444 g/mol. The number of alkyl halides is 3. The maximum absolute atomic E-state index is 13.9. The third kappa shape index (κ3) is 4.28. The van der Waals surface area contributed by atoms with Crippen LogP contribution >= 0.6 is 0 Å². The Balaban J connectivity index is 1.66. The van der Waals surface area contributed by atoms with Crippen molar-refractivity contribution in [3.8, 4) is 5.75 Å². The lowest BCUT2D eigenvalue weighted by Gasteiger charge is -2.34. The number of benzene rings is 2. The number of nitrogens with zero attached hydrogens (tertiary/aromatic N) is 2. The van der Waals surface area contributed by atoms with Crippen molar-refractivity contribution in [2.45, 2.75) is 37.6 Å². The summed E-state index contributed by atoms with van der Waals surface area (Å²) in [5.41, 5.74) is 1.59. The topological polar surface area (TPSA) is 68.2 Å². The van der Waals surface area contributed by atoms with Gasteiger partial charge in [-0.05, 0) is 30.2 Å². The van der Waals surface area contributed by atoms with Crippen LogP contribution in [0.15, 0.2) is 60.8 Å². The number of anilines is 1. The zero-order chi connectivity index (χ0) is 22.9. The van der Waals surface area contributed by atoms with Crippen LogP contribution in [-0.4, -0.2) is 29.0 Å². The summed E-state index contributed by atoms with van der Waals surface area (Å²) in [5.74, 6) is 0.0908. The number of carbonyl (C=O) groups excluding carboxylic acids is 1. The first kappa shape index (κ1) is 21.7. The molecule has 0 fully saturated rings. The van der Waals surface area contributed by atoms with Crippen molar-refractivity contribution in [3.63, 3.8) is 0 Å². The SMILES string of the molecule is COc1cccc([C@H]2C[C@@H](C(F)(F)F)n3ncc(C(=O)NC(C)c4ccccc4)c3N2)c1. The van der Waals surface area contributed by atoms with Crippen molar-refractivity contribution in [1.82, 2.24) is 15.1 Å². The molecule has 1 unspecified atom stereocenters. The number of nitrogens with one attached hydrogen (secondary N) is 2. The Bertz CT molecular complexity index is 1100. The Morgan fingerprint density at radius 3 is 2.66 bits per heavy atom. The van der Waals surface area contributed by atoms with Gasteiger partial charge in [-0.3, -0.25) is 4.79 Å². The predicted molar refractivity (Wildman–Crippen MR) is 114 cm³/mol. The highest BCUT2D eigenvalue weighted by atomic mass is 19.4. The maximum atomic E-state index is 13.9. The number of hydrogen-bond acceptors (Lipinski definition) is 4. The van der Waals surface area contributed by atoms with E-state index in [0.717, 1.165) is 10.2 Å². The summed E-state index contributed by atoms with van der Waals surface area (Å²) in [6.45, 7) is 1.81. The number of fused-ring (bicyclic) bond motifs is 1. The average molecular weight is 444 g/mol. The van der Waals surface area contributed by atoms with Crippen molar-refractivity contribution < 1.29 is 22.7 Å². The van der Waals surface area contributed by atoms with Crippen molar-refractivity contribution in [2.75, 3.05) is 12.4 Å². The van der Waals surface area contributed by atoms with E-state index in [2.05, 4.69) is 15.7 Å². The molecule has 2 N–H and O–H groups in total. The Morgan fingerprint density at radius 1 is 1.22 bits per heavy atom. The summed E-state index contributed by atoms with van der Waals surface area (Å²) in [5, 5.41) is 9.85. The number of aromatic nitrogens is 2. The fraction of sp³-hybridized carbons (Fsp3) is 0.304. The standard InChI is InChI=1S/C23H23F3N4O2/c1-14(15-7-4-3-5-8-15)28-22(31)18-13-27-30-20(23(24,25)26)12-19(29-21(18)30)16-9-6-10-17(11-16)32-2/h3-11,13-14,19-20,29H,12H2,1-2H3,(H,28,31)/t14?,19-,20+/m1/s1. The molecule has 0 aliphatic carbocycles. The van der Waals surface area contributed by atoms with Crippen LogP contribution in [0, 0.1) is 0 Å². The quantitative estimate of drug-likeness (QED) is 0.578. The number of amides is 1. The summed E-state index contributed by atoms with van der Waals surface area (Å²) < 4.78 is 47.7.